The minimum Gasteiger partial charge on any atom is -0.326 e. The lowest BCUT2D eigenvalue weighted by Crippen LogP contribution is -2.01. The van der Waals surface area contributed by atoms with Crippen molar-refractivity contribution >= 4 is 0 Å². The van der Waals surface area contributed by atoms with Gasteiger partial charge in [0.2, 0.25) is 0 Å². The molecule has 0 radical (unpaired) electrons. The van der Waals surface area contributed by atoms with Crippen LogP contribution < -0.4 is 5.73 Å². The molecule has 0 atom stereocenters. The number of nitrogens with two attached hydrogens (primary N) is 1. The van der Waals surface area contributed by atoms with Crippen LogP contribution in [0.5, 0.6) is 0 Å². The molecule has 0 aliphatic rings. The number of nitriles is 1. The van der Waals surface area contributed by atoms with Crippen molar-refractivity contribution in [1.82, 2.24) is 9.78 Å². The Kier molecular flexibility index (Phi) is 2.71. The Morgan fingerprint density at radius 3 is 2.62 bits per heavy atom. The standard InChI is InChI=1S/C12H12N4/c1-9-6-12(8-14)16(15-9)11-4-2-10(7-13)3-5-11/h2-6H,7,13H2,1H3. The van der Waals surface area contributed by atoms with Gasteiger partial charge in [0.25, 0.3) is 0 Å². The van der Waals surface area contributed by atoms with Gasteiger partial charge in [-0.3, -0.25) is 0 Å². The van der Waals surface area contributed by atoms with Crippen molar-refractivity contribution in [2.24, 2.45) is 5.73 Å². The van der Waals surface area contributed by atoms with E-state index < -0.39 is 0 Å². The van der Waals surface area contributed by atoms with E-state index in [4.69, 9.17) is 11.0 Å². The van der Waals surface area contributed by atoms with Gasteiger partial charge in [0.1, 0.15) is 11.8 Å². The quantitative estimate of drug-likeness (QED) is 0.820. The number of aryl methyl sites for hydroxylation is 1. The van der Waals surface area contributed by atoms with Crippen LogP contribution in [0.25, 0.3) is 5.69 Å². The van der Waals surface area contributed by atoms with Crippen molar-refractivity contribution < 1.29 is 0 Å². The van der Waals surface area contributed by atoms with Gasteiger partial charge in [-0.2, -0.15) is 10.4 Å². The maximum absolute atomic E-state index is 8.96. The molecule has 4 heteroatoms. The molecule has 0 unspecified atom stereocenters. The molecule has 4 nitrogen and oxygen atoms in total. The molecule has 0 bridgehead atoms. The second-order valence-corrected chi connectivity index (χ2v) is 3.57. The van der Waals surface area contributed by atoms with Crippen LogP contribution in [0.1, 0.15) is 17.0 Å². The Hall–Kier alpha value is -2.12. The van der Waals surface area contributed by atoms with E-state index >= 15 is 0 Å². The summed E-state index contributed by atoms with van der Waals surface area (Å²) >= 11 is 0. The summed E-state index contributed by atoms with van der Waals surface area (Å²) in [4.78, 5) is 0. The molecule has 0 fully saturated rings. The summed E-state index contributed by atoms with van der Waals surface area (Å²) < 4.78 is 1.63. The molecule has 16 heavy (non-hydrogen) atoms. The summed E-state index contributed by atoms with van der Waals surface area (Å²) in [6.45, 7) is 2.38. The first-order valence-corrected chi connectivity index (χ1v) is 5.00. The van der Waals surface area contributed by atoms with Gasteiger partial charge in [-0.05, 0) is 30.7 Å². The minimum atomic E-state index is 0.517. The van der Waals surface area contributed by atoms with Crippen LogP contribution in [0.2, 0.25) is 0 Å². The maximum atomic E-state index is 8.96. The van der Waals surface area contributed by atoms with Crippen molar-refractivity contribution in [2.75, 3.05) is 0 Å². The first-order chi connectivity index (χ1) is 7.74. The van der Waals surface area contributed by atoms with E-state index in [0.29, 0.717) is 12.2 Å². The van der Waals surface area contributed by atoms with Crippen molar-refractivity contribution in [3.63, 3.8) is 0 Å². The zero-order valence-corrected chi connectivity index (χ0v) is 9.01. The summed E-state index contributed by atoms with van der Waals surface area (Å²) in [5.74, 6) is 0. The van der Waals surface area contributed by atoms with E-state index in [-0.39, 0.29) is 0 Å². The molecule has 2 aromatic rings. The van der Waals surface area contributed by atoms with Gasteiger partial charge in [0.15, 0.2) is 0 Å². The van der Waals surface area contributed by atoms with Gasteiger partial charge < -0.3 is 5.73 Å². The molecule has 0 aliphatic carbocycles. The summed E-state index contributed by atoms with van der Waals surface area (Å²) in [6, 6.07) is 11.6. The highest BCUT2D eigenvalue weighted by molar-refractivity contribution is 5.39. The van der Waals surface area contributed by atoms with E-state index in [1.54, 1.807) is 10.7 Å². The first kappa shape index (κ1) is 10.4. The van der Waals surface area contributed by atoms with Crippen LogP contribution >= 0.6 is 0 Å². The molecule has 0 spiro atoms. The van der Waals surface area contributed by atoms with E-state index in [0.717, 1.165) is 16.9 Å². The highest BCUT2D eigenvalue weighted by Gasteiger charge is 2.06. The fourth-order valence-electron chi connectivity index (χ4n) is 1.55. The first-order valence-electron chi connectivity index (χ1n) is 5.00. The van der Waals surface area contributed by atoms with Gasteiger partial charge in [0.05, 0.1) is 11.4 Å². The Labute approximate surface area is 93.9 Å². The Bertz CT molecular complexity index is 531. The monoisotopic (exact) mass is 212 g/mol. The van der Waals surface area contributed by atoms with Crippen LogP contribution in [0.3, 0.4) is 0 Å². The molecule has 0 saturated carbocycles. The van der Waals surface area contributed by atoms with Gasteiger partial charge in [-0.1, -0.05) is 12.1 Å². The van der Waals surface area contributed by atoms with E-state index in [9.17, 15) is 0 Å². The molecule has 0 aliphatic heterocycles. The third kappa shape index (κ3) is 1.81. The molecule has 1 aromatic carbocycles. The van der Waals surface area contributed by atoms with Gasteiger partial charge in [-0.25, -0.2) is 4.68 Å². The van der Waals surface area contributed by atoms with E-state index in [1.807, 2.05) is 31.2 Å². The molecular formula is C12H12N4. The van der Waals surface area contributed by atoms with Gasteiger partial charge >= 0.3 is 0 Å². The van der Waals surface area contributed by atoms with Crippen LogP contribution in [0, 0.1) is 18.3 Å². The SMILES string of the molecule is Cc1cc(C#N)n(-c2ccc(CN)cc2)n1. The predicted octanol–water partition coefficient (Wildman–Crippen LogP) is 1.51. The molecule has 1 aromatic heterocycles. The normalized spacial score (nSPS) is 10.1. The van der Waals surface area contributed by atoms with Gasteiger partial charge in [-0.15, -0.1) is 0 Å². The lowest BCUT2D eigenvalue weighted by atomic mass is 10.2. The summed E-state index contributed by atoms with van der Waals surface area (Å²) in [7, 11) is 0. The third-order valence-corrected chi connectivity index (χ3v) is 2.36. The number of rotatable bonds is 2. The van der Waals surface area contributed by atoms with E-state index in [1.165, 1.54) is 0 Å². The molecular weight excluding hydrogens is 200 g/mol. The van der Waals surface area contributed by atoms with Crippen molar-refractivity contribution in [3.05, 3.63) is 47.3 Å². The summed E-state index contributed by atoms with van der Waals surface area (Å²) in [5.41, 5.74) is 8.83. The lowest BCUT2D eigenvalue weighted by molar-refractivity contribution is 0.849. The van der Waals surface area contributed by atoms with Crippen LogP contribution in [-0.4, -0.2) is 9.78 Å². The third-order valence-electron chi connectivity index (χ3n) is 2.36. The van der Waals surface area contributed by atoms with Crippen molar-refractivity contribution in [3.8, 4) is 11.8 Å². The Morgan fingerprint density at radius 2 is 2.06 bits per heavy atom. The molecule has 80 valence electrons. The number of nitrogens with zero attached hydrogens (tertiary/aromatic N) is 3. The largest absolute Gasteiger partial charge is 0.326 e. The van der Waals surface area contributed by atoms with Crippen molar-refractivity contribution in [1.29, 1.82) is 5.26 Å². The zero-order valence-electron chi connectivity index (χ0n) is 9.01. The number of hydrogen-bond acceptors (Lipinski definition) is 3. The maximum Gasteiger partial charge on any atom is 0.144 e. The number of benzene rings is 1. The van der Waals surface area contributed by atoms with Crippen LogP contribution in [0.15, 0.2) is 30.3 Å². The second-order valence-electron chi connectivity index (χ2n) is 3.57. The molecule has 2 rings (SSSR count). The molecule has 0 amide bonds. The minimum absolute atomic E-state index is 0.517. The fourth-order valence-corrected chi connectivity index (χ4v) is 1.55. The number of aromatic nitrogens is 2. The highest BCUT2D eigenvalue weighted by atomic mass is 15.3. The molecule has 1 heterocycles. The summed E-state index contributed by atoms with van der Waals surface area (Å²) in [6.07, 6.45) is 0. The molecule has 2 N–H and O–H groups in total. The molecule has 0 saturated heterocycles. The van der Waals surface area contributed by atoms with Crippen LogP contribution in [0.4, 0.5) is 0 Å². The fraction of sp³-hybridized carbons (Fsp3) is 0.167. The lowest BCUT2D eigenvalue weighted by Gasteiger charge is -2.03. The predicted molar refractivity (Wildman–Crippen MR) is 60.9 cm³/mol. The zero-order chi connectivity index (χ0) is 11.5. The topological polar surface area (TPSA) is 67.6 Å². The average Bonchev–Trinajstić information content (AvgIpc) is 2.70. The van der Waals surface area contributed by atoms with Gasteiger partial charge in [0, 0.05) is 6.54 Å². The Balaban J connectivity index is 2.46. The van der Waals surface area contributed by atoms with Crippen molar-refractivity contribution in [2.45, 2.75) is 13.5 Å². The number of hydrogen-bond donors (Lipinski definition) is 1. The Morgan fingerprint density at radius 1 is 1.38 bits per heavy atom. The van der Waals surface area contributed by atoms with Crippen LogP contribution in [-0.2, 0) is 6.54 Å². The second kappa shape index (κ2) is 4.17. The highest BCUT2D eigenvalue weighted by Crippen LogP contribution is 2.12. The average molecular weight is 212 g/mol. The smallest absolute Gasteiger partial charge is 0.144 e. The summed E-state index contributed by atoms with van der Waals surface area (Å²) in [5, 5.41) is 13.2. The van der Waals surface area contributed by atoms with E-state index in [2.05, 4.69) is 11.2 Å².